The van der Waals surface area contributed by atoms with Crippen LogP contribution in [0.2, 0.25) is 0 Å². The molecule has 0 radical (unpaired) electrons. The second kappa shape index (κ2) is 5.61. The third kappa shape index (κ3) is 3.63. The lowest BCUT2D eigenvalue weighted by Crippen LogP contribution is -2.27. The van der Waals surface area contributed by atoms with Gasteiger partial charge in [-0.1, -0.05) is 26.1 Å². The molecule has 0 spiro atoms. The van der Waals surface area contributed by atoms with Gasteiger partial charge in [0.1, 0.15) is 11.8 Å². The highest BCUT2D eigenvalue weighted by atomic mass is 32.1. The molecule has 5 heteroatoms. The summed E-state index contributed by atoms with van der Waals surface area (Å²) >= 11 is 5.16. The van der Waals surface area contributed by atoms with Gasteiger partial charge in [-0.05, 0) is 5.92 Å². The number of rotatable bonds is 4. The highest BCUT2D eigenvalue weighted by molar-refractivity contribution is 7.80. The Balaban J connectivity index is 2.59. The molecule has 0 saturated heterocycles. The molecule has 0 atom stereocenters. The van der Waals surface area contributed by atoms with E-state index in [-0.39, 0.29) is 0 Å². The van der Waals surface area contributed by atoms with E-state index < -0.39 is 0 Å². The van der Waals surface area contributed by atoms with E-state index in [1.165, 1.54) is 0 Å². The summed E-state index contributed by atoms with van der Waals surface area (Å²) in [5, 5.41) is 12.0. The average Bonchev–Trinajstić information content (AvgIpc) is 2.55. The van der Waals surface area contributed by atoms with E-state index in [1.54, 1.807) is 6.92 Å². The fraction of sp³-hybridized carbons (Fsp3) is 0.545. The minimum atomic E-state index is 0.325. The number of nitrogens with one attached hydrogen (secondary N) is 1. The maximum Gasteiger partial charge on any atom is 0.192 e. The van der Waals surface area contributed by atoms with Crippen molar-refractivity contribution in [3.8, 4) is 6.07 Å². The van der Waals surface area contributed by atoms with Gasteiger partial charge in [0.25, 0.3) is 0 Å². The Morgan fingerprint density at radius 2 is 2.31 bits per heavy atom. The standard InChI is InChI=1S/C11H15N3OS/c1-7(2)6-13-11(16)4-10-9(5-12)14-8(3)15-10/h7H,4,6H2,1-3H3,(H,13,16). The van der Waals surface area contributed by atoms with Crippen LogP contribution in [0.3, 0.4) is 0 Å². The van der Waals surface area contributed by atoms with Crippen molar-refractivity contribution >= 4 is 17.2 Å². The lowest BCUT2D eigenvalue weighted by Gasteiger charge is -2.08. The molecule has 86 valence electrons. The second-order valence-electron chi connectivity index (χ2n) is 3.99. The van der Waals surface area contributed by atoms with E-state index in [0.717, 1.165) is 6.54 Å². The molecule has 4 nitrogen and oxygen atoms in total. The zero-order chi connectivity index (χ0) is 12.1. The lowest BCUT2D eigenvalue weighted by atomic mass is 10.2. The van der Waals surface area contributed by atoms with Crippen LogP contribution in [0, 0.1) is 24.2 Å². The molecule has 1 heterocycles. The Hall–Kier alpha value is -1.41. The number of nitrogens with zero attached hydrogens (tertiary/aromatic N) is 2. The number of nitriles is 1. The summed E-state index contributed by atoms with van der Waals surface area (Å²) in [6, 6.07) is 1.99. The molecule has 1 rings (SSSR count). The number of thiocarbonyl (C=S) groups is 1. The van der Waals surface area contributed by atoms with E-state index in [0.29, 0.717) is 34.7 Å². The van der Waals surface area contributed by atoms with Crippen LogP contribution in [-0.4, -0.2) is 16.5 Å². The Labute approximate surface area is 101 Å². The highest BCUT2D eigenvalue weighted by Gasteiger charge is 2.12. The largest absolute Gasteiger partial charge is 0.444 e. The molecule has 0 aromatic carbocycles. The smallest absolute Gasteiger partial charge is 0.192 e. The quantitative estimate of drug-likeness (QED) is 0.811. The van der Waals surface area contributed by atoms with Crippen molar-refractivity contribution in [2.75, 3.05) is 6.54 Å². The van der Waals surface area contributed by atoms with Gasteiger partial charge in [-0.15, -0.1) is 0 Å². The van der Waals surface area contributed by atoms with E-state index in [4.69, 9.17) is 21.9 Å². The molecule has 0 amide bonds. The summed E-state index contributed by atoms with van der Waals surface area (Å²) in [6.45, 7) is 6.76. The molecule has 0 unspecified atom stereocenters. The molecular weight excluding hydrogens is 222 g/mol. The van der Waals surface area contributed by atoms with Gasteiger partial charge in [0.2, 0.25) is 0 Å². The summed E-state index contributed by atoms with van der Waals surface area (Å²) in [7, 11) is 0. The predicted octanol–water partition coefficient (Wildman–Crippen LogP) is 1.97. The van der Waals surface area contributed by atoms with Crippen LogP contribution < -0.4 is 5.32 Å². The average molecular weight is 237 g/mol. The molecule has 0 fully saturated rings. The summed E-state index contributed by atoms with van der Waals surface area (Å²) < 4.78 is 5.32. The highest BCUT2D eigenvalue weighted by Crippen LogP contribution is 2.10. The van der Waals surface area contributed by atoms with Crippen LogP contribution in [0.15, 0.2) is 4.42 Å². The molecule has 1 aromatic rings. The van der Waals surface area contributed by atoms with Crippen molar-refractivity contribution in [1.82, 2.24) is 10.3 Å². The zero-order valence-corrected chi connectivity index (χ0v) is 10.5. The van der Waals surface area contributed by atoms with Gasteiger partial charge in [-0.25, -0.2) is 4.98 Å². The first-order valence-electron chi connectivity index (χ1n) is 5.16. The molecule has 0 aliphatic heterocycles. The Kier molecular flexibility index (Phi) is 4.44. The van der Waals surface area contributed by atoms with Crippen molar-refractivity contribution in [3.63, 3.8) is 0 Å². The molecule has 1 aromatic heterocycles. The second-order valence-corrected chi connectivity index (χ2v) is 4.48. The van der Waals surface area contributed by atoms with Gasteiger partial charge in [0.05, 0.1) is 11.4 Å². The first-order valence-corrected chi connectivity index (χ1v) is 5.57. The monoisotopic (exact) mass is 237 g/mol. The molecule has 0 bridgehead atoms. The number of oxazole rings is 1. The molecule has 0 saturated carbocycles. The van der Waals surface area contributed by atoms with Crippen molar-refractivity contribution in [2.45, 2.75) is 27.2 Å². The van der Waals surface area contributed by atoms with Gasteiger partial charge in [-0.3, -0.25) is 0 Å². The van der Waals surface area contributed by atoms with Crippen LogP contribution in [-0.2, 0) is 6.42 Å². The first kappa shape index (κ1) is 12.7. The molecular formula is C11H15N3OS. The van der Waals surface area contributed by atoms with Gasteiger partial charge < -0.3 is 9.73 Å². The lowest BCUT2D eigenvalue weighted by molar-refractivity contribution is 0.486. The van der Waals surface area contributed by atoms with E-state index in [1.807, 2.05) is 6.07 Å². The van der Waals surface area contributed by atoms with Gasteiger partial charge >= 0.3 is 0 Å². The fourth-order valence-corrected chi connectivity index (χ4v) is 1.42. The molecule has 1 N–H and O–H groups in total. The summed E-state index contributed by atoms with van der Waals surface area (Å²) in [4.78, 5) is 4.64. The number of hydrogen-bond acceptors (Lipinski definition) is 4. The zero-order valence-electron chi connectivity index (χ0n) is 9.70. The Morgan fingerprint density at radius 1 is 1.62 bits per heavy atom. The minimum absolute atomic E-state index is 0.325. The molecule has 0 aliphatic carbocycles. The maximum atomic E-state index is 8.83. The Bertz CT molecular complexity index is 417. The van der Waals surface area contributed by atoms with Gasteiger partial charge in [0.15, 0.2) is 11.6 Å². The van der Waals surface area contributed by atoms with Crippen LogP contribution in [0.1, 0.15) is 31.2 Å². The third-order valence-electron chi connectivity index (χ3n) is 1.94. The third-order valence-corrected chi connectivity index (χ3v) is 2.23. The minimum Gasteiger partial charge on any atom is -0.444 e. The van der Waals surface area contributed by atoms with Crippen LogP contribution >= 0.6 is 12.2 Å². The molecule has 0 aliphatic rings. The summed E-state index contributed by atoms with van der Waals surface area (Å²) in [5.74, 6) is 1.57. The number of aromatic nitrogens is 1. The summed E-state index contributed by atoms with van der Waals surface area (Å²) in [5.41, 5.74) is 0.325. The number of aryl methyl sites for hydroxylation is 1. The van der Waals surface area contributed by atoms with Crippen LogP contribution in [0.4, 0.5) is 0 Å². The Morgan fingerprint density at radius 3 is 2.88 bits per heavy atom. The summed E-state index contributed by atoms with van der Waals surface area (Å²) in [6.07, 6.45) is 0.436. The van der Waals surface area contributed by atoms with Gasteiger partial charge in [0, 0.05) is 13.5 Å². The maximum absolute atomic E-state index is 8.83. The van der Waals surface area contributed by atoms with E-state index in [2.05, 4.69) is 24.1 Å². The fourth-order valence-electron chi connectivity index (χ4n) is 1.20. The molecule has 16 heavy (non-hydrogen) atoms. The van der Waals surface area contributed by atoms with E-state index >= 15 is 0 Å². The normalized spacial score (nSPS) is 10.2. The van der Waals surface area contributed by atoms with Gasteiger partial charge in [-0.2, -0.15) is 5.26 Å². The van der Waals surface area contributed by atoms with Crippen molar-refractivity contribution in [3.05, 3.63) is 17.3 Å². The van der Waals surface area contributed by atoms with Crippen LogP contribution in [0.25, 0.3) is 0 Å². The van der Waals surface area contributed by atoms with Crippen LogP contribution in [0.5, 0.6) is 0 Å². The number of hydrogen-bond donors (Lipinski definition) is 1. The predicted molar refractivity (Wildman–Crippen MR) is 65.1 cm³/mol. The van der Waals surface area contributed by atoms with Crippen molar-refractivity contribution in [2.24, 2.45) is 5.92 Å². The topological polar surface area (TPSA) is 61.9 Å². The first-order chi connectivity index (χ1) is 7.52. The van der Waals surface area contributed by atoms with Crippen molar-refractivity contribution in [1.29, 1.82) is 5.26 Å². The van der Waals surface area contributed by atoms with E-state index in [9.17, 15) is 0 Å². The van der Waals surface area contributed by atoms with Crippen molar-refractivity contribution < 1.29 is 4.42 Å². The SMILES string of the molecule is Cc1nc(C#N)c(CC(=S)NCC(C)C)o1.